The van der Waals surface area contributed by atoms with Crippen molar-refractivity contribution in [3.8, 4) is 0 Å². The van der Waals surface area contributed by atoms with Crippen LogP contribution in [-0.4, -0.2) is 9.97 Å². The van der Waals surface area contributed by atoms with Gasteiger partial charge in [0.05, 0.1) is 5.39 Å². The second-order valence-corrected chi connectivity index (χ2v) is 7.08. The van der Waals surface area contributed by atoms with E-state index in [1.54, 1.807) is 11.3 Å². The average Bonchev–Trinajstić information content (AvgIpc) is 2.98. The van der Waals surface area contributed by atoms with Gasteiger partial charge in [0, 0.05) is 11.3 Å². The first-order valence-electron chi connectivity index (χ1n) is 7.23. The third-order valence-corrected chi connectivity index (χ3v) is 5.47. The lowest BCUT2D eigenvalue weighted by molar-refractivity contribution is 0.916. The Hall–Kier alpha value is -1.45. The fraction of sp³-hybridized carbons (Fsp3) is 0.294. The summed E-state index contributed by atoms with van der Waals surface area (Å²) in [6.07, 6.45) is 4.26. The van der Waals surface area contributed by atoms with E-state index in [1.807, 2.05) is 0 Å². The highest BCUT2D eigenvalue weighted by molar-refractivity contribution is 7.19. The zero-order valence-corrected chi connectivity index (χ0v) is 13.4. The fourth-order valence-electron chi connectivity index (χ4n) is 3.08. The first-order chi connectivity index (χ1) is 10.2. The summed E-state index contributed by atoms with van der Waals surface area (Å²) in [4.78, 5) is 11.8. The number of fused-ring (bicyclic) bond motifs is 3. The molecule has 2 nitrogen and oxygen atoms in total. The molecule has 106 valence electrons. The molecule has 0 spiro atoms. The molecule has 2 aromatic heterocycles. The highest BCUT2D eigenvalue weighted by atomic mass is 35.5. The summed E-state index contributed by atoms with van der Waals surface area (Å²) >= 11 is 8.23. The van der Waals surface area contributed by atoms with Crippen LogP contribution in [0.3, 0.4) is 0 Å². The Kier molecular flexibility index (Phi) is 3.20. The van der Waals surface area contributed by atoms with Crippen molar-refractivity contribution in [2.75, 3.05) is 0 Å². The van der Waals surface area contributed by atoms with Crippen molar-refractivity contribution in [3.05, 3.63) is 56.8 Å². The predicted octanol–water partition coefficient (Wildman–Crippen LogP) is 4.73. The van der Waals surface area contributed by atoms with E-state index in [1.165, 1.54) is 34.4 Å². The number of aromatic nitrogens is 2. The second-order valence-electron chi connectivity index (χ2n) is 5.63. The zero-order chi connectivity index (χ0) is 14.4. The van der Waals surface area contributed by atoms with E-state index in [2.05, 4.69) is 36.2 Å². The van der Waals surface area contributed by atoms with E-state index in [4.69, 9.17) is 16.6 Å². The Morgan fingerprint density at radius 2 is 2.14 bits per heavy atom. The smallest absolute Gasteiger partial charge is 0.141 e. The van der Waals surface area contributed by atoms with Crippen molar-refractivity contribution in [2.45, 2.75) is 32.6 Å². The van der Waals surface area contributed by atoms with E-state index in [-0.39, 0.29) is 0 Å². The van der Waals surface area contributed by atoms with Gasteiger partial charge in [-0.1, -0.05) is 41.4 Å². The largest absolute Gasteiger partial charge is 0.222 e. The van der Waals surface area contributed by atoms with Gasteiger partial charge in [-0.15, -0.1) is 11.3 Å². The zero-order valence-electron chi connectivity index (χ0n) is 11.8. The number of nitrogens with zero attached hydrogens (tertiary/aromatic N) is 2. The van der Waals surface area contributed by atoms with Crippen LogP contribution in [0, 0.1) is 6.92 Å². The lowest BCUT2D eigenvalue weighted by Crippen LogP contribution is -1.97. The standard InChI is InChI=1S/C17H15ClN2S/c1-10-4-2-5-11(8-10)9-14-19-16(18)15-12-6-3-7-13(12)21-17(15)20-14/h2,4-5,8H,3,6-7,9H2,1H3. The molecular formula is C17H15ClN2S. The molecule has 0 bridgehead atoms. The molecule has 0 saturated carbocycles. The molecule has 4 heteroatoms. The molecule has 0 radical (unpaired) electrons. The van der Waals surface area contributed by atoms with Crippen LogP contribution in [0.1, 0.15) is 33.8 Å². The van der Waals surface area contributed by atoms with Gasteiger partial charge in [-0.25, -0.2) is 9.97 Å². The Morgan fingerprint density at radius 3 is 3.00 bits per heavy atom. The summed E-state index contributed by atoms with van der Waals surface area (Å²) in [7, 11) is 0. The normalized spacial score (nSPS) is 13.8. The van der Waals surface area contributed by atoms with Gasteiger partial charge < -0.3 is 0 Å². The summed E-state index contributed by atoms with van der Waals surface area (Å²) in [5.41, 5.74) is 3.88. The van der Waals surface area contributed by atoms with Crippen LogP contribution in [0.4, 0.5) is 0 Å². The maximum Gasteiger partial charge on any atom is 0.141 e. The van der Waals surface area contributed by atoms with Crippen LogP contribution in [0.15, 0.2) is 24.3 Å². The van der Waals surface area contributed by atoms with Crippen molar-refractivity contribution < 1.29 is 0 Å². The molecule has 0 saturated heterocycles. The minimum atomic E-state index is 0.627. The lowest BCUT2D eigenvalue weighted by atomic mass is 10.1. The second kappa shape index (κ2) is 5.08. The topological polar surface area (TPSA) is 25.8 Å². The van der Waals surface area contributed by atoms with Crippen molar-refractivity contribution >= 4 is 33.2 Å². The number of thiophene rings is 1. The molecule has 2 heterocycles. The van der Waals surface area contributed by atoms with Gasteiger partial charge in [-0.2, -0.15) is 0 Å². The Morgan fingerprint density at radius 1 is 1.24 bits per heavy atom. The van der Waals surface area contributed by atoms with Crippen LogP contribution in [0.5, 0.6) is 0 Å². The van der Waals surface area contributed by atoms with Crippen LogP contribution in [0.25, 0.3) is 10.2 Å². The van der Waals surface area contributed by atoms with E-state index >= 15 is 0 Å². The number of benzene rings is 1. The summed E-state index contributed by atoms with van der Waals surface area (Å²) in [6, 6.07) is 8.47. The fourth-order valence-corrected chi connectivity index (χ4v) is 4.71. The van der Waals surface area contributed by atoms with Gasteiger partial charge >= 0.3 is 0 Å². The number of hydrogen-bond acceptors (Lipinski definition) is 3. The molecule has 3 aromatic rings. The molecule has 21 heavy (non-hydrogen) atoms. The molecule has 0 atom stereocenters. The molecule has 1 aliphatic rings. The molecule has 0 aliphatic heterocycles. The van der Waals surface area contributed by atoms with E-state index in [0.717, 1.165) is 28.9 Å². The van der Waals surface area contributed by atoms with Crippen molar-refractivity contribution in [1.82, 2.24) is 9.97 Å². The van der Waals surface area contributed by atoms with Gasteiger partial charge in [0.1, 0.15) is 15.8 Å². The number of rotatable bonds is 2. The van der Waals surface area contributed by atoms with E-state index in [9.17, 15) is 0 Å². The lowest BCUT2D eigenvalue weighted by Gasteiger charge is -2.04. The average molecular weight is 315 g/mol. The van der Waals surface area contributed by atoms with E-state index < -0.39 is 0 Å². The van der Waals surface area contributed by atoms with Gasteiger partial charge in [-0.05, 0) is 37.3 Å². The predicted molar refractivity (Wildman–Crippen MR) is 88.4 cm³/mol. The molecule has 0 unspecified atom stereocenters. The molecule has 1 aliphatic carbocycles. The van der Waals surface area contributed by atoms with Crippen LogP contribution >= 0.6 is 22.9 Å². The number of hydrogen-bond donors (Lipinski definition) is 0. The summed E-state index contributed by atoms with van der Waals surface area (Å²) in [5, 5.41) is 1.73. The molecular weight excluding hydrogens is 300 g/mol. The minimum Gasteiger partial charge on any atom is -0.222 e. The van der Waals surface area contributed by atoms with Crippen LogP contribution < -0.4 is 0 Å². The summed E-state index contributed by atoms with van der Waals surface area (Å²) in [5.74, 6) is 0.818. The van der Waals surface area contributed by atoms with Gasteiger partial charge in [0.15, 0.2) is 0 Å². The number of aryl methyl sites for hydroxylation is 3. The van der Waals surface area contributed by atoms with Crippen LogP contribution in [-0.2, 0) is 19.3 Å². The first kappa shape index (κ1) is 13.2. The molecule has 1 aromatic carbocycles. The monoisotopic (exact) mass is 314 g/mol. The SMILES string of the molecule is Cc1cccc(Cc2nc(Cl)c3c4c(sc3n2)CCC4)c1. The minimum absolute atomic E-state index is 0.627. The molecule has 4 rings (SSSR count). The first-order valence-corrected chi connectivity index (χ1v) is 8.42. The van der Waals surface area contributed by atoms with E-state index in [0.29, 0.717) is 5.15 Å². The Balaban J connectivity index is 1.77. The highest BCUT2D eigenvalue weighted by Crippen LogP contribution is 2.39. The summed E-state index contributed by atoms with van der Waals surface area (Å²) < 4.78 is 0. The maximum absolute atomic E-state index is 6.44. The quantitative estimate of drug-likeness (QED) is 0.639. The molecule has 0 fully saturated rings. The van der Waals surface area contributed by atoms with Crippen LogP contribution in [0.2, 0.25) is 5.15 Å². The third-order valence-electron chi connectivity index (χ3n) is 4.01. The molecule has 0 N–H and O–H groups in total. The third kappa shape index (κ3) is 2.34. The van der Waals surface area contributed by atoms with Gasteiger partial charge in [-0.3, -0.25) is 0 Å². The number of halogens is 1. The Labute approximate surface area is 132 Å². The Bertz CT molecular complexity index is 838. The summed E-state index contributed by atoms with van der Waals surface area (Å²) in [6.45, 7) is 2.10. The van der Waals surface area contributed by atoms with Crippen molar-refractivity contribution in [2.24, 2.45) is 0 Å². The van der Waals surface area contributed by atoms with Crippen molar-refractivity contribution in [3.63, 3.8) is 0 Å². The maximum atomic E-state index is 6.44. The molecule has 0 amide bonds. The van der Waals surface area contributed by atoms with Crippen molar-refractivity contribution in [1.29, 1.82) is 0 Å². The highest BCUT2D eigenvalue weighted by Gasteiger charge is 2.21. The van der Waals surface area contributed by atoms with Gasteiger partial charge in [0.25, 0.3) is 0 Å². The van der Waals surface area contributed by atoms with Gasteiger partial charge in [0.2, 0.25) is 0 Å².